The molecule has 1 saturated heterocycles. The van der Waals surface area contributed by atoms with Crippen molar-refractivity contribution in [2.24, 2.45) is 0 Å². The lowest BCUT2D eigenvalue weighted by Crippen LogP contribution is -2.34. The van der Waals surface area contributed by atoms with Crippen LogP contribution in [0, 0.1) is 6.92 Å². The summed E-state index contributed by atoms with van der Waals surface area (Å²) in [5.41, 5.74) is 1.58. The summed E-state index contributed by atoms with van der Waals surface area (Å²) in [4.78, 5) is 14.1. The van der Waals surface area contributed by atoms with E-state index in [-0.39, 0.29) is 12.1 Å². The van der Waals surface area contributed by atoms with Gasteiger partial charge in [0.15, 0.2) is 0 Å². The lowest BCUT2D eigenvalue weighted by molar-refractivity contribution is 0.188. The van der Waals surface area contributed by atoms with Crippen molar-refractivity contribution in [1.29, 1.82) is 0 Å². The van der Waals surface area contributed by atoms with Crippen LogP contribution in [-0.4, -0.2) is 46.9 Å². The number of ether oxygens (including phenoxy) is 2. The van der Waals surface area contributed by atoms with Crippen LogP contribution in [-0.2, 0) is 0 Å². The van der Waals surface area contributed by atoms with Gasteiger partial charge in [-0.15, -0.1) is 5.10 Å². The van der Waals surface area contributed by atoms with Crippen molar-refractivity contribution >= 4 is 11.7 Å². The van der Waals surface area contributed by atoms with E-state index in [2.05, 4.69) is 15.5 Å². The number of aromatic nitrogens is 2. The fourth-order valence-electron chi connectivity index (χ4n) is 2.63. The maximum absolute atomic E-state index is 12.4. The molecule has 0 bridgehead atoms. The number of aryl methyl sites for hydroxylation is 1. The fourth-order valence-corrected chi connectivity index (χ4v) is 2.63. The third kappa shape index (κ3) is 4.59. The third-order valence-corrected chi connectivity index (χ3v) is 3.91. The van der Waals surface area contributed by atoms with Crippen molar-refractivity contribution in [3.8, 4) is 11.6 Å². The highest BCUT2D eigenvalue weighted by molar-refractivity contribution is 5.89. The molecule has 1 aliphatic heterocycles. The average molecular weight is 342 g/mol. The van der Waals surface area contributed by atoms with Crippen molar-refractivity contribution in [1.82, 2.24) is 15.1 Å². The molecule has 7 heteroatoms. The largest absolute Gasteiger partial charge is 0.494 e. The average Bonchev–Trinajstić information content (AvgIpc) is 3.08. The molecular formula is C18H22N4O3. The topological polar surface area (TPSA) is 76.6 Å². The molecule has 2 aromatic rings. The second kappa shape index (κ2) is 7.83. The van der Waals surface area contributed by atoms with Gasteiger partial charge in [-0.05, 0) is 44.2 Å². The number of benzene rings is 1. The van der Waals surface area contributed by atoms with Crippen LogP contribution in [0.15, 0.2) is 36.4 Å². The van der Waals surface area contributed by atoms with Crippen LogP contribution in [0.25, 0.3) is 0 Å². The molecule has 3 rings (SSSR count). The molecule has 0 radical (unpaired) electrons. The van der Waals surface area contributed by atoms with Crippen LogP contribution in [0.2, 0.25) is 0 Å². The molecular weight excluding hydrogens is 320 g/mol. The van der Waals surface area contributed by atoms with Gasteiger partial charge >= 0.3 is 6.03 Å². The number of likely N-dealkylation sites (tertiary alicyclic amines) is 1. The second-order valence-corrected chi connectivity index (χ2v) is 5.88. The lowest BCUT2D eigenvalue weighted by atomic mass is 10.3. The van der Waals surface area contributed by atoms with Gasteiger partial charge < -0.3 is 19.7 Å². The van der Waals surface area contributed by atoms with Crippen molar-refractivity contribution in [3.63, 3.8) is 0 Å². The van der Waals surface area contributed by atoms with E-state index in [1.54, 1.807) is 11.0 Å². The van der Waals surface area contributed by atoms with E-state index in [0.29, 0.717) is 25.6 Å². The Kier molecular flexibility index (Phi) is 5.33. The first-order valence-corrected chi connectivity index (χ1v) is 8.40. The smallest absolute Gasteiger partial charge is 0.321 e. The Morgan fingerprint density at radius 2 is 2.04 bits per heavy atom. The molecule has 1 aromatic carbocycles. The molecule has 0 aliphatic carbocycles. The number of nitrogens with one attached hydrogen (secondary N) is 1. The van der Waals surface area contributed by atoms with Gasteiger partial charge in [0.2, 0.25) is 5.88 Å². The van der Waals surface area contributed by atoms with E-state index < -0.39 is 0 Å². The van der Waals surface area contributed by atoms with Gasteiger partial charge in [-0.3, -0.25) is 0 Å². The predicted octanol–water partition coefficient (Wildman–Crippen LogP) is 2.87. The molecule has 25 heavy (non-hydrogen) atoms. The van der Waals surface area contributed by atoms with E-state index in [1.165, 1.54) is 0 Å². The van der Waals surface area contributed by atoms with Crippen molar-refractivity contribution < 1.29 is 14.3 Å². The number of carbonyl (C=O) groups is 1. The van der Waals surface area contributed by atoms with E-state index in [1.807, 2.05) is 44.2 Å². The molecule has 1 fully saturated rings. The highest BCUT2D eigenvalue weighted by Crippen LogP contribution is 2.19. The fraction of sp³-hybridized carbons (Fsp3) is 0.389. The minimum Gasteiger partial charge on any atom is -0.494 e. The molecule has 2 heterocycles. The van der Waals surface area contributed by atoms with Crippen LogP contribution in [0.3, 0.4) is 0 Å². The number of carbonyl (C=O) groups excluding carboxylic acids is 1. The summed E-state index contributed by atoms with van der Waals surface area (Å²) in [7, 11) is 0. The Labute approximate surface area is 147 Å². The maximum Gasteiger partial charge on any atom is 0.321 e. The Hall–Kier alpha value is -2.83. The van der Waals surface area contributed by atoms with Crippen LogP contribution >= 0.6 is 0 Å². The minimum absolute atomic E-state index is 0.0666. The summed E-state index contributed by atoms with van der Waals surface area (Å²) >= 11 is 0. The summed E-state index contributed by atoms with van der Waals surface area (Å²) in [6.45, 7) is 5.60. The summed E-state index contributed by atoms with van der Waals surface area (Å²) in [5, 5.41) is 10.9. The molecule has 1 N–H and O–H groups in total. The number of amides is 2. The van der Waals surface area contributed by atoms with Gasteiger partial charge in [0.25, 0.3) is 0 Å². The molecule has 1 aromatic heterocycles. The first-order valence-electron chi connectivity index (χ1n) is 8.40. The Morgan fingerprint density at radius 3 is 2.72 bits per heavy atom. The molecule has 1 unspecified atom stereocenters. The first-order chi connectivity index (χ1) is 12.1. The van der Waals surface area contributed by atoms with Gasteiger partial charge in [-0.1, -0.05) is 0 Å². The van der Waals surface area contributed by atoms with Gasteiger partial charge in [0.1, 0.15) is 11.9 Å². The summed E-state index contributed by atoms with van der Waals surface area (Å²) in [6.07, 6.45) is 0.704. The molecule has 0 saturated carbocycles. The Bertz CT molecular complexity index is 703. The van der Waals surface area contributed by atoms with Crippen molar-refractivity contribution in [3.05, 3.63) is 42.1 Å². The zero-order chi connectivity index (χ0) is 17.6. The van der Waals surface area contributed by atoms with E-state index in [0.717, 1.165) is 23.6 Å². The maximum atomic E-state index is 12.4. The van der Waals surface area contributed by atoms with Gasteiger partial charge in [-0.2, -0.15) is 5.10 Å². The monoisotopic (exact) mass is 342 g/mol. The quantitative estimate of drug-likeness (QED) is 0.904. The second-order valence-electron chi connectivity index (χ2n) is 5.88. The minimum atomic E-state index is -0.134. The molecule has 1 aliphatic rings. The highest BCUT2D eigenvalue weighted by atomic mass is 16.5. The van der Waals surface area contributed by atoms with Crippen molar-refractivity contribution in [2.75, 3.05) is 25.0 Å². The van der Waals surface area contributed by atoms with E-state index in [4.69, 9.17) is 9.47 Å². The number of anilines is 1. The molecule has 132 valence electrons. The van der Waals surface area contributed by atoms with E-state index >= 15 is 0 Å². The first kappa shape index (κ1) is 17.0. The van der Waals surface area contributed by atoms with Crippen LogP contribution in [0.5, 0.6) is 11.6 Å². The zero-order valence-electron chi connectivity index (χ0n) is 14.4. The van der Waals surface area contributed by atoms with E-state index in [9.17, 15) is 4.79 Å². The SMILES string of the molecule is CCOc1ccc(NC(=O)N2CCC(Oc3ccc(C)nn3)C2)cc1. The summed E-state index contributed by atoms with van der Waals surface area (Å²) in [5.74, 6) is 1.28. The van der Waals surface area contributed by atoms with Crippen LogP contribution in [0.4, 0.5) is 10.5 Å². The number of nitrogens with zero attached hydrogens (tertiary/aromatic N) is 3. The molecule has 2 amide bonds. The normalized spacial score (nSPS) is 16.6. The number of hydrogen-bond donors (Lipinski definition) is 1. The highest BCUT2D eigenvalue weighted by Gasteiger charge is 2.28. The standard InChI is InChI=1S/C18H22N4O3/c1-3-24-15-7-5-14(6-8-15)19-18(23)22-11-10-16(12-22)25-17-9-4-13(2)20-21-17/h4-9,16H,3,10-12H2,1-2H3,(H,19,23). The Balaban J connectivity index is 1.50. The Morgan fingerprint density at radius 1 is 1.24 bits per heavy atom. The molecule has 0 spiro atoms. The number of urea groups is 1. The van der Waals surface area contributed by atoms with Gasteiger partial charge in [0.05, 0.1) is 18.8 Å². The lowest BCUT2D eigenvalue weighted by Gasteiger charge is -2.17. The van der Waals surface area contributed by atoms with Gasteiger partial charge in [0, 0.05) is 24.7 Å². The predicted molar refractivity (Wildman–Crippen MR) is 94.0 cm³/mol. The molecule has 7 nitrogen and oxygen atoms in total. The van der Waals surface area contributed by atoms with Crippen LogP contribution in [0.1, 0.15) is 19.0 Å². The summed E-state index contributed by atoms with van der Waals surface area (Å²) in [6, 6.07) is 10.9. The zero-order valence-corrected chi connectivity index (χ0v) is 14.4. The van der Waals surface area contributed by atoms with Gasteiger partial charge in [-0.25, -0.2) is 4.79 Å². The summed E-state index contributed by atoms with van der Waals surface area (Å²) < 4.78 is 11.2. The molecule has 1 atom stereocenters. The number of hydrogen-bond acceptors (Lipinski definition) is 5. The van der Waals surface area contributed by atoms with Crippen LogP contribution < -0.4 is 14.8 Å². The third-order valence-electron chi connectivity index (χ3n) is 3.91. The number of rotatable bonds is 5. The van der Waals surface area contributed by atoms with Crippen molar-refractivity contribution in [2.45, 2.75) is 26.4 Å².